The van der Waals surface area contributed by atoms with Gasteiger partial charge in [-0.1, -0.05) is 30.3 Å². The van der Waals surface area contributed by atoms with Crippen LogP contribution < -0.4 is 11.1 Å². The summed E-state index contributed by atoms with van der Waals surface area (Å²) in [7, 11) is 3.91. The van der Waals surface area contributed by atoms with E-state index in [9.17, 15) is 9.59 Å². The second kappa shape index (κ2) is 7.96. The first-order chi connectivity index (χ1) is 14.4. The SMILES string of the molecule is CN(C)CCNC(=O)c1ccc2c(c1)[nH]c1c(C(N)=O)cc(-c3ccccc3)nc12. The van der Waals surface area contributed by atoms with Crippen molar-refractivity contribution in [1.29, 1.82) is 0 Å². The smallest absolute Gasteiger partial charge is 0.251 e. The molecule has 30 heavy (non-hydrogen) atoms. The number of hydrogen-bond acceptors (Lipinski definition) is 4. The highest BCUT2D eigenvalue weighted by atomic mass is 16.2. The minimum atomic E-state index is -0.534. The number of H-pyrrole nitrogens is 1. The normalized spacial score (nSPS) is 11.3. The van der Waals surface area contributed by atoms with E-state index in [-0.39, 0.29) is 5.91 Å². The molecule has 4 aromatic rings. The summed E-state index contributed by atoms with van der Waals surface area (Å²) in [6.45, 7) is 1.32. The summed E-state index contributed by atoms with van der Waals surface area (Å²) in [6.07, 6.45) is 0. The molecule has 2 amide bonds. The summed E-state index contributed by atoms with van der Waals surface area (Å²) in [5, 5.41) is 3.73. The van der Waals surface area contributed by atoms with Crippen molar-refractivity contribution in [2.24, 2.45) is 5.73 Å². The Balaban J connectivity index is 1.79. The fourth-order valence-corrected chi connectivity index (χ4v) is 3.44. The highest BCUT2D eigenvalue weighted by Crippen LogP contribution is 2.30. The Morgan fingerprint density at radius 1 is 1.10 bits per heavy atom. The standard InChI is InChI=1S/C23H23N5O2/c1-28(2)11-10-25-23(30)15-8-9-16-19(12-15)27-21-17(22(24)29)13-18(26-20(16)21)14-6-4-3-5-7-14/h3-9,12-13,27H,10-11H2,1-2H3,(H2,24,29)(H,25,30). The number of rotatable bonds is 6. The lowest BCUT2D eigenvalue weighted by atomic mass is 10.1. The predicted octanol–water partition coefficient (Wildman–Crippen LogP) is 2.77. The number of nitrogens with one attached hydrogen (secondary N) is 2. The zero-order valence-corrected chi connectivity index (χ0v) is 16.9. The molecule has 2 heterocycles. The van der Waals surface area contributed by atoms with Crippen LogP contribution >= 0.6 is 0 Å². The molecule has 0 aliphatic rings. The Bertz CT molecular complexity index is 1240. The molecule has 2 aromatic heterocycles. The first kappa shape index (κ1) is 19.6. The van der Waals surface area contributed by atoms with E-state index in [1.54, 1.807) is 18.2 Å². The zero-order valence-electron chi connectivity index (χ0n) is 16.9. The first-order valence-corrected chi connectivity index (χ1v) is 9.68. The van der Waals surface area contributed by atoms with E-state index in [1.807, 2.05) is 55.4 Å². The number of aromatic nitrogens is 2. The van der Waals surface area contributed by atoms with Gasteiger partial charge in [-0.15, -0.1) is 0 Å². The van der Waals surface area contributed by atoms with Gasteiger partial charge in [0.15, 0.2) is 0 Å². The molecular weight excluding hydrogens is 378 g/mol. The number of nitrogens with two attached hydrogens (primary N) is 1. The van der Waals surface area contributed by atoms with Crippen LogP contribution in [0.5, 0.6) is 0 Å². The van der Waals surface area contributed by atoms with Gasteiger partial charge in [0, 0.05) is 35.1 Å². The number of pyridine rings is 1. The number of primary amides is 1. The number of amides is 2. The summed E-state index contributed by atoms with van der Waals surface area (Å²) in [5.74, 6) is -0.682. The topological polar surface area (TPSA) is 104 Å². The molecule has 0 atom stereocenters. The van der Waals surface area contributed by atoms with Crippen molar-refractivity contribution in [2.45, 2.75) is 0 Å². The van der Waals surface area contributed by atoms with Crippen LogP contribution in [0.2, 0.25) is 0 Å². The maximum Gasteiger partial charge on any atom is 0.251 e. The molecule has 4 N–H and O–H groups in total. The largest absolute Gasteiger partial charge is 0.366 e. The van der Waals surface area contributed by atoms with Gasteiger partial charge < -0.3 is 20.9 Å². The number of aromatic amines is 1. The fraction of sp³-hybridized carbons (Fsp3) is 0.174. The molecule has 0 saturated carbocycles. The monoisotopic (exact) mass is 401 g/mol. The number of nitrogens with zero attached hydrogens (tertiary/aromatic N) is 2. The van der Waals surface area contributed by atoms with Gasteiger partial charge in [0.2, 0.25) is 0 Å². The summed E-state index contributed by atoms with van der Waals surface area (Å²) >= 11 is 0. The van der Waals surface area contributed by atoms with Gasteiger partial charge in [-0.3, -0.25) is 9.59 Å². The molecule has 0 fully saturated rings. The Hall–Kier alpha value is -3.71. The summed E-state index contributed by atoms with van der Waals surface area (Å²) < 4.78 is 0. The zero-order chi connectivity index (χ0) is 21.3. The maximum atomic E-state index is 12.5. The molecule has 152 valence electrons. The minimum absolute atomic E-state index is 0.148. The van der Waals surface area contributed by atoms with Crippen LogP contribution in [0, 0.1) is 0 Å². The van der Waals surface area contributed by atoms with Crippen LogP contribution in [0.4, 0.5) is 0 Å². The highest BCUT2D eigenvalue weighted by Gasteiger charge is 2.17. The maximum absolute atomic E-state index is 12.5. The van der Waals surface area contributed by atoms with Crippen LogP contribution in [0.25, 0.3) is 33.2 Å². The predicted molar refractivity (Wildman–Crippen MR) is 118 cm³/mol. The number of fused-ring (bicyclic) bond motifs is 3. The van der Waals surface area contributed by atoms with Gasteiger partial charge in [-0.05, 0) is 38.4 Å². The molecule has 0 unspecified atom stereocenters. The molecule has 7 heteroatoms. The summed E-state index contributed by atoms with van der Waals surface area (Å²) in [5.41, 5.74) is 10.1. The number of carbonyl (C=O) groups excluding carboxylic acids is 2. The Morgan fingerprint density at radius 2 is 1.87 bits per heavy atom. The Kier molecular flexibility index (Phi) is 5.20. The van der Waals surface area contributed by atoms with E-state index in [1.165, 1.54) is 0 Å². The number of hydrogen-bond donors (Lipinski definition) is 3. The van der Waals surface area contributed by atoms with Gasteiger partial charge in [0.05, 0.1) is 22.3 Å². The van der Waals surface area contributed by atoms with Crippen molar-refractivity contribution >= 4 is 33.8 Å². The lowest BCUT2D eigenvalue weighted by Crippen LogP contribution is -2.31. The molecular formula is C23H23N5O2. The second-order valence-corrected chi connectivity index (χ2v) is 7.45. The third kappa shape index (κ3) is 3.75. The van der Waals surface area contributed by atoms with E-state index in [4.69, 9.17) is 10.7 Å². The van der Waals surface area contributed by atoms with Crippen molar-refractivity contribution < 1.29 is 9.59 Å². The van der Waals surface area contributed by atoms with Crippen LogP contribution in [-0.2, 0) is 0 Å². The Labute approximate surface area is 173 Å². The third-order valence-corrected chi connectivity index (χ3v) is 5.00. The molecule has 2 aromatic carbocycles. The van der Waals surface area contributed by atoms with Crippen LogP contribution in [0.3, 0.4) is 0 Å². The van der Waals surface area contributed by atoms with E-state index in [0.29, 0.717) is 34.4 Å². The average Bonchev–Trinajstić information content (AvgIpc) is 3.11. The molecule has 0 radical (unpaired) electrons. The van der Waals surface area contributed by atoms with Gasteiger partial charge >= 0.3 is 0 Å². The average molecular weight is 401 g/mol. The van der Waals surface area contributed by atoms with Crippen molar-refractivity contribution in [3.05, 3.63) is 65.7 Å². The highest BCUT2D eigenvalue weighted by molar-refractivity contribution is 6.14. The quantitative estimate of drug-likeness (QED) is 0.462. The lowest BCUT2D eigenvalue weighted by molar-refractivity contribution is 0.0950. The molecule has 4 rings (SSSR count). The lowest BCUT2D eigenvalue weighted by Gasteiger charge is -2.10. The number of carbonyl (C=O) groups is 2. The summed E-state index contributed by atoms with van der Waals surface area (Å²) in [4.78, 5) is 34.6. The van der Waals surface area contributed by atoms with Crippen molar-refractivity contribution in [1.82, 2.24) is 20.2 Å². The van der Waals surface area contributed by atoms with Crippen LogP contribution in [-0.4, -0.2) is 53.9 Å². The number of likely N-dealkylation sites (N-methyl/N-ethyl adjacent to an activating group) is 1. The minimum Gasteiger partial charge on any atom is -0.366 e. The molecule has 0 bridgehead atoms. The van der Waals surface area contributed by atoms with Gasteiger partial charge in [-0.25, -0.2) is 4.98 Å². The third-order valence-electron chi connectivity index (χ3n) is 5.00. The van der Waals surface area contributed by atoms with Crippen molar-refractivity contribution in [3.63, 3.8) is 0 Å². The van der Waals surface area contributed by atoms with Crippen LogP contribution in [0.1, 0.15) is 20.7 Å². The molecule has 0 aliphatic heterocycles. The summed E-state index contributed by atoms with van der Waals surface area (Å²) in [6, 6.07) is 16.7. The van der Waals surface area contributed by atoms with Gasteiger partial charge in [0.25, 0.3) is 11.8 Å². The van der Waals surface area contributed by atoms with E-state index in [2.05, 4.69) is 10.3 Å². The second-order valence-electron chi connectivity index (χ2n) is 7.45. The molecule has 7 nitrogen and oxygen atoms in total. The number of benzene rings is 2. The van der Waals surface area contributed by atoms with Crippen molar-refractivity contribution in [2.75, 3.05) is 27.2 Å². The molecule has 0 saturated heterocycles. The van der Waals surface area contributed by atoms with Gasteiger partial charge in [0.1, 0.15) is 0 Å². The van der Waals surface area contributed by atoms with Crippen molar-refractivity contribution in [3.8, 4) is 11.3 Å². The molecule has 0 aliphatic carbocycles. The van der Waals surface area contributed by atoms with E-state index < -0.39 is 5.91 Å². The first-order valence-electron chi connectivity index (χ1n) is 9.68. The van der Waals surface area contributed by atoms with Gasteiger partial charge in [-0.2, -0.15) is 0 Å². The van der Waals surface area contributed by atoms with E-state index in [0.717, 1.165) is 23.0 Å². The Morgan fingerprint density at radius 3 is 2.57 bits per heavy atom. The van der Waals surface area contributed by atoms with E-state index >= 15 is 0 Å². The van der Waals surface area contributed by atoms with Crippen LogP contribution in [0.15, 0.2) is 54.6 Å². The fourth-order valence-electron chi connectivity index (χ4n) is 3.44. The molecule has 0 spiro atoms.